The number of aliphatic hydroxyl groups is 1. The van der Waals surface area contributed by atoms with Crippen molar-refractivity contribution in [3.8, 4) is 0 Å². The van der Waals surface area contributed by atoms with E-state index in [1.165, 1.54) is 6.08 Å². The van der Waals surface area contributed by atoms with Crippen LogP contribution in [0.4, 0.5) is 0 Å². The molecule has 4 nitrogen and oxygen atoms in total. The van der Waals surface area contributed by atoms with Crippen LogP contribution in [0.5, 0.6) is 0 Å². The zero-order valence-corrected chi connectivity index (χ0v) is 17.6. The Kier molecular flexibility index (Phi) is 5.01. The van der Waals surface area contributed by atoms with Crippen LogP contribution >= 0.6 is 0 Å². The van der Waals surface area contributed by atoms with Gasteiger partial charge < -0.3 is 10.2 Å². The molecule has 9 atom stereocenters. The second kappa shape index (κ2) is 6.97. The number of allylic oxidation sites excluding steroid dienone is 1. The summed E-state index contributed by atoms with van der Waals surface area (Å²) in [4.78, 5) is 24.3. The van der Waals surface area contributed by atoms with E-state index in [0.717, 1.165) is 44.9 Å². The molecule has 156 valence electrons. The molecule has 4 aliphatic carbocycles. The summed E-state index contributed by atoms with van der Waals surface area (Å²) in [7, 11) is 0. The molecular weight excluding hydrogens is 352 g/mol. The van der Waals surface area contributed by atoms with Crippen molar-refractivity contribution in [3.05, 3.63) is 12.2 Å². The van der Waals surface area contributed by atoms with E-state index in [4.69, 9.17) is 5.11 Å². The van der Waals surface area contributed by atoms with Crippen molar-refractivity contribution in [1.29, 1.82) is 0 Å². The Morgan fingerprint density at radius 1 is 1.11 bits per heavy atom. The number of carbonyl (C=O) groups excluding carboxylic acids is 1. The van der Waals surface area contributed by atoms with E-state index in [-0.39, 0.29) is 28.8 Å². The number of aliphatic carboxylic acids is 1. The molecule has 4 heteroatoms. The molecule has 0 radical (unpaired) electrons. The summed E-state index contributed by atoms with van der Waals surface area (Å²) >= 11 is 0. The van der Waals surface area contributed by atoms with Crippen LogP contribution in [0.15, 0.2) is 12.2 Å². The molecule has 4 saturated carbocycles. The zero-order valence-electron chi connectivity index (χ0n) is 17.6. The molecule has 9 unspecified atom stereocenters. The molecule has 0 aromatic carbocycles. The second-order valence-electron chi connectivity index (χ2n) is 10.8. The van der Waals surface area contributed by atoms with Crippen molar-refractivity contribution in [2.75, 3.05) is 0 Å². The summed E-state index contributed by atoms with van der Waals surface area (Å²) in [6, 6.07) is 0. The lowest BCUT2D eigenvalue weighted by atomic mass is 9.44. The predicted octanol–water partition coefficient (Wildman–Crippen LogP) is 4.46. The lowest BCUT2D eigenvalue weighted by molar-refractivity contribution is -0.160. The number of carboxylic acids is 1. The monoisotopic (exact) mass is 388 g/mol. The third-order valence-corrected chi connectivity index (χ3v) is 9.69. The van der Waals surface area contributed by atoms with Crippen LogP contribution < -0.4 is 0 Å². The summed E-state index contributed by atoms with van der Waals surface area (Å²) in [5.41, 5.74) is 0.336. The highest BCUT2D eigenvalue weighted by atomic mass is 16.4. The van der Waals surface area contributed by atoms with E-state index in [9.17, 15) is 14.7 Å². The largest absolute Gasteiger partial charge is 0.478 e. The molecule has 0 amide bonds. The molecule has 0 spiro atoms. The third kappa shape index (κ3) is 2.98. The van der Waals surface area contributed by atoms with Crippen molar-refractivity contribution in [2.45, 2.75) is 78.2 Å². The predicted molar refractivity (Wildman–Crippen MR) is 108 cm³/mol. The Morgan fingerprint density at radius 2 is 1.79 bits per heavy atom. The summed E-state index contributed by atoms with van der Waals surface area (Å²) in [6.07, 6.45) is 10.8. The van der Waals surface area contributed by atoms with Crippen LogP contribution in [0.25, 0.3) is 0 Å². The molecule has 0 aromatic heterocycles. The van der Waals surface area contributed by atoms with Gasteiger partial charge in [0.25, 0.3) is 0 Å². The van der Waals surface area contributed by atoms with Gasteiger partial charge in [0, 0.05) is 18.4 Å². The SMILES string of the molecule is CC(C=CC(=O)O)C1CCC2C3C(=O)CC4CC(O)CCC4(C)C3CCC12C. The lowest BCUT2D eigenvalue weighted by Gasteiger charge is -2.60. The fourth-order valence-corrected chi connectivity index (χ4v) is 8.18. The Balaban J connectivity index is 1.60. The van der Waals surface area contributed by atoms with E-state index in [2.05, 4.69) is 20.8 Å². The van der Waals surface area contributed by atoms with Crippen molar-refractivity contribution < 1.29 is 19.8 Å². The normalized spacial score (nSPS) is 49.4. The molecule has 0 aromatic rings. The zero-order chi connectivity index (χ0) is 20.3. The fourth-order valence-electron chi connectivity index (χ4n) is 8.18. The molecule has 0 bridgehead atoms. The van der Waals surface area contributed by atoms with Crippen LogP contribution in [0, 0.1) is 46.3 Å². The van der Waals surface area contributed by atoms with Crippen LogP contribution in [0.3, 0.4) is 0 Å². The van der Waals surface area contributed by atoms with Crippen LogP contribution in [-0.2, 0) is 9.59 Å². The fraction of sp³-hybridized carbons (Fsp3) is 0.833. The molecule has 28 heavy (non-hydrogen) atoms. The van der Waals surface area contributed by atoms with Crippen molar-refractivity contribution in [3.63, 3.8) is 0 Å². The Bertz CT molecular complexity index is 684. The van der Waals surface area contributed by atoms with E-state index >= 15 is 0 Å². The maximum atomic E-state index is 13.3. The van der Waals surface area contributed by atoms with Gasteiger partial charge in [0.1, 0.15) is 5.78 Å². The lowest BCUT2D eigenvalue weighted by Crippen LogP contribution is -2.57. The maximum Gasteiger partial charge on any atom is 0.327 e. The van der Waals surface area contributed by atoms with E-state index < -0.39 is 5.97 Å². The Hall–Kier alpha value is -1.16. The first-order valence-electron chi connectivity index (χ1n) is 11.3. The van der Waals surface area contributed by atoms with Crippen LogP contribution in [0.1, 0.15) is 72.1 Å². The Morgan fingerprint density at radius 3 is 2.50 bits per heavy atom. The van der Waals surface area contributed by atoms with Gasteiger partial charge in [-0.25, -0.2) is 4.79 Å². The van der Waals surface area contributed by atoms with Crippen LogP contribution in [0.2, 0.25) is 0 Å². The minimum atomic E-state index is -0.879. The van der Waals surface area contributed by atoms with E-state index in [0.29, 0.717) is 35.9 Å². The van der Waals surface area contributed by atoms with Crippen LogP contribution in [-0.4, -0.2) is 28.1 Å². The first-order valence-corrected chi connectivity index (χ1v) is 11.3. The quantitative estimate of drug-likeness (QED) is 0.700. The molecule has 0 heterocycles. The average molecular weight is 389 g/mol. The number of Topliss-reactive ketones (excluding diaryl/α,β-unsaturated/α-hetero) is 1. The summed E-state index contributed by atoms with van der Waals surface area (Å²) in [5, 5.41) is 19.2. The van der Waals surface area contributed by atoms with Gasteiger partial charge in [-0.1, -0.05) is 26.8 Å². The number of rotatable bonds is 3. The minimum Gasteiger partial charge on any atom is -0.478 e. The summed E-state index contributed by atoms with van der Waals surface area (Å²) in [6.45, 7) is 6.93. The number of hydrogen-bond donors (Lipinski definition) is 2. The van der Waals surface area contributed by atoms with Gasteiger partial charge in [0.05, 0.1) is 6.10 Å². The number of carboxylic acid groups (broad SMARTS) is 1. The highest BCUT2D eigenvalue weighted by molar-refractivity contribution is 5.83. The van der Waals surface area contributed by atoms with Gasteiger partial charge in [-0.2, -0.15) is 0 Å². The topological polar surface area (TPSA) is 74.6 Å². The standard InChI is InChI=1S/C24H36O4/c1-14(4-7-21(27)28)17-5-6-18-22-19(9-11-24(17,18)3)23(2)10-8-16(25)12-15(23)13-20(22)26/h4,7,14-19,22,25H,5-6,8-13H2,1-3H3,(H,27,28). The van der Waals surface area contributed by atoms with Gasteiger partial charge in [-0.15, -0.1) is 0 Å². The average Bonchev–Trinajstić information content (AvgIpc) is 2.98. The third-order valence-electron chi connectivity index (χ3n) is 9.69. The molecule has 2 N–H and O–H groups in total. The van der Waals surface area contributed by atoms with Crippen molar-refractivity contribution in [2.24, 2.45) is 46.3 Å². The summed E-state index contributed by atoms with van der Waals surface area (Å²) in [5.74, 6) is 1.69. The minimum absolute atomic E-state index is 0.135. The molecule has 0 saturated heterocycles. The van der Waals surface area contributed by atoms with Gasteiger partial charge in [0.2, 0.25) is 0 Å². The molecule has 4 aliphatic rings. The van der Waals surface area contributed by atoms with Gasteiger partial charge in [-0.3, -0.25) is 4.79 Å². The van der Waals surface area contributed by atoms with E-state index in [1.807, 2.05) is 6.08 Å². The summed E-state index contributed by atoms with van der Waals surface area (Å²) < 4.78 is 0. The van der Waals surface area contributed by atoms with Gasteiger partial charge >= 0.3 is 5.97 Å². The number of aliphatic hydroxyl groups excluding tert-OH is 1. The molecule has 4 rings (SSSR count). The molecular formula is C24H36O4. The highest BCUT2D eigenvalue weighted by Crippen LogP contribution is 2.67. The van der Waals surface area contributed by atoms with Crippen molar-refractivity contribution in [1.82, 2.24) is 0 Å². The van der Waals surface area contributed by atoms with E-state index in [1.54, 1.807) is 0 Å². The number of fused-ring (bicyclic) bond motifs is 5. The maximum absolute atomic E-state index is 13.3. The number of ketones is 1. The number of carbonyl (C=O) groups is 2. The van der Waals surface area contributed by atoms with Crippen molar-refractivity contribution >= 4 is 11.8 Å². The Labute approximate surface area is 168 Å². The van der Waals surface area contributed by atoms with Gasteiger partial charge in [-0.05, 0) is 85.4 Å². The molecule has 4 fully saturated rings. The highest BCUT2D eigenvalue weighted by Gasteiger charge is 2.62. The smallest absolute Gasteiger partial charge is 0.327 e. The first kappa shape index (κ1) is 20.1. The molecule has 0 aliphatic heterocycles. The number of hydrogen-bond acceptors (Lipinski definition) is 3. The second-order valence-corrected chi connectivity index (χ2v) is 10.8. The van der Waals surface area contributed by atoms with Gasteiger partial charge in [0.15, 0.2) is 0 Å². The first-order chi connectivity index (χ1) is 13.2.